The van der Waals surface area contributed by atoms with Crippen molar-refractivity contribution in [1.82, 2.24) is 0 Å². The molecule has 0 N–H and O–H groups in total. The van der Waals surface area contributed by atoms with Crippen LogP contribution in [-0.4, -0.2) is 25.0 Å². The Labute approximate surface area is 64.5 Å². The maximum absolute atomic E-state index is 11.5. The molecule has 0 amide bonds. The van der Waals surface area contributed by atoms with Gasteiger partial charge in [0.2, 0.25) is 0 Å². The molecule has 0 rings (SSSR count). The van der Waals surface area contributed by atoms with Gasteiger partial charge in [-0.25, -0.2) is 4.39 Å². The Morgan fingerprint density at radius 3 is 2.55 bits per heavy atom. The van der Waals surface area contributed by atoms with Gasteiger partial charge in [0, 0.05) is 0 Å². The van der Waals surface area contributed by atoms with Crippen molar-refractivity contribution in [1.29, 1.82) is 0 Å². The monoisotopic (exact) mass is 162 g/mol. The average Bonchev–Trinajstić information content (AvgIpc) is 2.00. The van der Waals surface area contributed by atoms with Gasteiger partial charge < -0.3 is 4.74 Å². The first-order chi connectivity index (χ1) is 5.20. The number of carbonyl (C=O) groups is 2. The molecule has 0 radical (unpaired) electrons. The summed E-state index contributed by atoms with van der Waals surface area (Å²) in [5.74, 6) is -1.37. The van der Waals surface area contributed by atoms with Gasteiger partial charge in [0.25, 0.3) is 0 Å². The minimum absolute atomic E-state index is 0.290. The fourth-order valence-electron chi connectivity index (χ4n) is 0.475. The van der Waals surface area contributed by atoms with E-state index in [1.807, 2.05) is 6.92 Å². The van der Waals surface area contributed by atoms with Crippen molar-refractivity contribution in [2.24, 2.45) is 0 Å². The van der Waals surface area contributed by atoms with Crippen LogP contribution in [0, 0.1) is 0 Å². The Hall–Kier alpha value is -0.930. The van der Waals surface area contributed by atoms with E-state index in [2.05, 4.69) is 4.74 Å². The molecule has 0 aliphatic rings. The van der Waals surface area contributed by atoms with Crippen LogP contribution in [0.1, 0.15) is 19.8 Å². The van der Waals surface area contributed by atoms with Crippen LogP contribution in [0.25, 0.3) is 0 Å². The van der Waals surface area contributed by atoms with E-state index in [-0.39, 0.29) is 0 Å². The van der Waals surface area contributed by atoms with Crippen LogP contribution in [0.4, 0.5) is 4.39 Å². The summed E-state index contributed by atoms with van der Waals surface area (Å²) in [7, 11) is 0. The standard InChI is InChI=1S/C7H11FO3/c1-2-3-11-7(10)4-6(9)5-8/h2-5H2,1H3. The first-order valence-corrected chi connectivity index (χ1v) is 3.44. The maximum Gasteiger partial charge on any atom is 0.313 e. The molecule has 0 unspecified atom stereocenters. The number of rotatable bonds is 5. The second-order valence-corrected chi connectivity index (χ2v) is 2.07. The fourth-order valence-corrected chi connectivity index (χ4v) is 0.475. The molecular formula is C7H11FO3. The lowest BCUT2D eigenvalue weighted by Gasteiger charge is -1.99. The lowest BCUT2D eigenvalue weighted by atomic mass is 10.3. The van der Waals surface area contributed by atoms with E-state index in [4.69, 9.17) is 0 Å². The summed E-state index contributed by atoms with van der Waals surface area (Å²) < 4.78 is 16.0. The highest BCUT2D eigenvalue weighted by Crippen LogP contribution is 1.90. The van der Waals surface area contributed by atoms with E-state index < -0.39 is 24.8 Å². The van der Waals surface area contributed by atoms with Crippen molar-refractivity contribution in [3.05, 3.63) is 0 Å². The summed E-state index contributed by atoms with van der Waals surface area (Å²) in [5, 5.41) is 0. The number of ether oxygens (including phenoxy) is 1. The minimum Gasteiger partial charge on any atom is -0.465 e. The molecule has 0 fully saturated rings. The Bertz CT molecular complexity index is 145. The lowest BCUT2D eigenvalue weighted by molar-refractivity contribution is -0.146. The smallest absolute Gasteiger partial charge is 0.313 e. The molecule has 0 aliphatic heterocycles. The Kier molecular flexibility index (Phi) is 5.33. The van der Waals surface area contributed by atoms with Crippen molar-refractivity contribution >= 4 is 11.8 Å². The van der Waals surface area contributed by atoms with Crippen molar-refractivity contribution in [3.8, 4) is 0 Å². The lowest BCUT2D eigenvalue weighted by Crippen LogP contribution is -2.12. The largest absolute Gasteiger partial charge is 0.465 e. The molecule has 0 atom stereocenters. The van der Waals surface area contributed by atoms with Crippen LogP contribution in [-0.2, 0) is 14.3 Å². The van der Waals surface area contributed by atoms with Crippen LogP contribution in [0.2, 0.25) is 0 Å². The normalized spacial score (nSPS) is 9.27. The molecule has 0 heterocycles. The number of alkyl halides is 1. The zero-order valence-corrected chi connectivity index (χ0v) is 6.43. The maximum atomic E-state index is 11.5. The first-order valence-electron chi connectivity index (χ1n) is 3.44. The van der Waals surface area contributed by atoms with Gasteiger partial charge in [0.05, 0.1) is 6.61 Å². The van der Waals surface area contributed by atoms with E-state index in [1.54, 1.807) is 0 Å². The van der Waals surface area contributed by atoms with Crippen LogP contribution < -0.4 is 0 Å². The number of ketones is 1. The zero-order chi connectivity index (χ0) is 8.69. The number of hydrogen-bond donors (Lipinski definition) is 0. The van der Waals surface area contributed by atoms with Gasteiger partial charge in [0.1, 0.15) is 13.1 Å². The highest BCUT2D eigenvalue weighted by Gasteiger charge is 2.08. The Morgan fingerprint density at radius 2 is 2.09 bits per heavy atom. The predicted molar refractivity (Wildman–Crippen MR) is 36.8 cm³/mol. The molecule has 0 spiro atoms. The molecule has 0 aromatic carbocycles. The third-order valence-electron chi connectivity index (χ3n) is 0.958. The van der Waals surface area contributed by atoms with Crippen molar-refractivity contribution < 1.29 is 18.7 Å². The van der Waals surface area contributed by atoms with Gasteiger partial charge in [-0.3, -0.25) is 9.59 Å². The fraction of sp³-hybridized carbons (Fsp3) is 0.714. The molecular weight excluding hydrogens is 151 g/mol. The topological polar surface area (TPSA) is 43.4 Å². The number of carbonyl (C=O) groups excluding carboxylic acids is 2. The van der Waals surface area contributed by atoms with E-state index in [0.29, 0.717) is 13.0 Å². The van der Waals surface area contributed by atoms with Gasteiger partial charge >= 0.3 is 5.97 Å². The summed E-state index contributed by atoms with van der Waals surface area (Å²) in [6.45, 7) is 1.03. The summed E-state index contributed by atoms with van der Waals surface area (Å²) >= 11 is 0. The highest BCUT2D eigenvalue weighted by atomic mass is 19.1. The average molecular weight is 162 g/mol. The molecule has 0 aromatic rings. The van der Waals surface area contributed by atoms with E-state index in [1.165, 1.54) is 0 Å². The van der Waals surface area contributed by atoms with Crippen molar-refractivity contribution in [2.45, 2.75) is 19.8 Å². The number of halogens is 1. The molecule has 4 heteroatoms. The van der Waals surface area contributed by atoms with Gasteiger partial charge in [0.15, 0.2) is 5.78 Å². The molecule has 3 nitrogen and oxygen atoms in total. The number of hydrogen-bond acceptors (Lipinski definition) is 3. The van der Waals surface area contributed by atoms with Gasteiger partial charge in [-0.05, 0) is 6.42 Å². The summed E-state index contributed by atoms with van der Waals surface area (Å²) in [4.78, 5) is 20.9. The minimum atomic E-state index is -1.10. The van der Waals surface area contributed by atoms with Crippen LogP contribution in [0.3, 0.4) is 0 Å². The molecule has 0 aliphatic carbocycles. The van der Waals surface area contributed by atoms with E-state index in [9.17, 15) is 14.0 Å². The second-order valence-electron chi connectivity index (χ2n) is 2.07. The van der Waals surface area contributed by atoms with Crippen LogP contribution >= 0.6 is 0 Å². The molecule has 64 valence electrons. The van der Waals surface area contributed by atoms with Crippen LogP contribution in [0.15, 0.2) is 0 Å². The zero-order valence-electron chi connectivity index (χ0n) is 6.43. The SMILES string of the molecule is CCCOC(=O)CC(=O)CF. The van der Waals surface area contributed by atoms with E-state index in [0.717, 1.165) is 0 Å². The predicted octanol–water partition coefficient (Wildman–Crippen LogP) is 0.868. The third kappa shape index (κ3) is 5.51. The molecule has 0 saturated heterocycles. The van der Waals surface area contributed by atoms with Crippen molar-refractivity contribution in [3.63, 3.8) is 0 Å². The van der Waals surface area contributed by atoms with Gasteiger partial charge in [-0.2, -0.15) is 0 Å². The molecule has 0 saturated carbocycles. The van der Waals surface area contributed by atoms with Crippen molar-refractivity contribution in [2.75, 3.05) is 13.3 Å². The Balaban J connectivity index is 3.44. The summed E-state index contributed by atoms with van der Waals surface area (Å²) in [6, 6.07) is 0. The Morgan fingerprint density at radius 1 is 1.45 bits per heavy atom. The van der Waals surface area contributed by atoms with E-state index >= 15 is 0 Å². The summed E-state index contributed by atoms with van der Waals surface area (Å²) in [5.41, 5.74) is 0. The third-order valence-corrected chi connectivity index (χ3v) is 0.958. The second kappa shape index (κ2) is 5.82. The summed E-state index contributed by atoms with van der Waals surface area (Å²) in [6.07, 6.45) is 0.256. The van der Waals surface area contributed by atoms with Gasteiger partial charge in [-0.1, -0.05) is 6.92 Å². The number of esters is 1. The molecule has 11 heavy (non-hydrogen) atoms. The van der Waals surface area contributed by atoms with Gasteiger partial charge in [-0.15, -0.1) is 0 Å². The molecule has 0 aromatic heterocycles. The molecule has 0 bridgehead atoms. The number of Topliss-reactive ketones (excluding diaryl/α,β-unsaturated/α-hetero) is 1. The van der Waals surface area contributed by atoms with Crippen LogP contribution in [0.5, 0.6) is 0 Å². The first kappa shape index (κ1) is 10.1. The quantitative estimate of drug-likeness (QED) is 0.445. The highest BCUT2D eigenvalue weighted by molar-refractivity contribution is 5.96.